The number of carbonyl (C=O) groups is 1. The fraction of sp³-hybridized carbons (Fsp3) is 0.800. The first-order valence-electron chi connectivity index (χ1n) is 7.89. The van der Waals surface area contributed by atoms with Gasteiger partial charge in [0, 0.05) is 0 Å². The quantitative estimate of drug-likeness (QED) is 0.842. The zero-order valence-electron chi connectivity index (χ0n) is 13.2. The van der Waals surface area contributed by atoms with Crippen LogP contribution in [-0.4, -0.2) is 33.3 Å². The minimum Gasteiger partial charge on any atom is -0.365 e. The Morgan fingerprint density at radius 1 is 1.52 bits per heavy atom. The molecule has 0 aromatic carbocycles. The van der Waals surface area contributed by atoms with Gasteiger partial charge in [0.1, 0.15) is 11.9 Å². The first kappa shape index (κ1) is 15.9. The van der Waals surface area contributed by atoms with E-state index in [-0.39, 0.29) is 18.1 Å². The highest BCUT2D eigenvalue weighted by molar-refractivity contribution is 5.80. The van der Waals surface area contributed by atoms with Crippen molar-refractivity contribution < 1.29 is 9.53 Å². The van der Waals surface area contributed by atoms with Crippen molar-refractivity contribution in [2.24, 2.45) is 5.92 Å². The van der Waals surface area contributed by atoms with Gasteiger partial charge in [-0.3, -0.25) is 9.89 Å². The largest absolute Gasteiger partial charge is 0.365 e. The van der Waals surface area contributed by atoms with Crippen LogP contribution in [0.2, 0.25) is 0 Å². The van der Waals surface area contributed by atoms with Gasteiger partial charge >= 0.3 is 0 Å². The van der Waals surface area contributed by atoms with E-state index in [1.54, 1.807) is 0 Å². The molecule has 0 aliphatic heterocycles. The second-order valence-corrected chi connectivity index (χ2v) is 5.98. The SMILES string of the molecule is CC[C@H](O[C@H]1CCC[C@H](C)C1)C(=O)NCc1n[nH]c(C)n1. The number of aromatic nitrogens is 3. The van der Waals surface area contributed by atoms with Crippen molar-refractivity contribution in [2.45, 2.75) is 71.6 Å². The van der Waals surface area contributed by atoms with Crippen LogP contribution in [0.4, 0.5) is 0 Å². The zero-order chi connectivity index (χ0) is 15.2. The lowest BCUT2D eigenvalue weighted by Crippen LogP contribution is -2.39. The van der Waals surface area contributed by atoms with Gasteiger partial charge in [-0.1, -0.05) is 26.7 Å². The van der Waals surface area contributed by atoms with Crippen molar-refractivity contribution in [3.8, 4) is 0 Å². The number of nitrogens with one attached hydrogen (secondary N) is 2. The Bertz CT molecular complexity index is 460. The van der Waals surface area contributed by atoms with Gasteiger partial charge in [0.2, 0.25) is 5.91 Å². The molecule has 1 saturated carbocycles. The van der Waals surface area contributed by atoms with Crippen LogP contribution in [0.25, 0.3) is 0 Å². The molecule has 1 aliphatic rings. The Hall–Kier alpha value is -1.43. The van der Waals surface area contributed by atoms with Gasteiger partial charge in [-0.15, -0.1) is 0 Å². The third-order valence-corrected chi connectivity index (χ3v) is 3.97. The predicted molar refractivity (Wildman–Crippen MR) is 79.6 cm³/mol. The molecule has 2 rings (SSSR count). The molecule has 1 aliphatic carbocycles. The summed E-state index contributed by atoms with van der Waals surface area (Å²) in [6.45, 7) is 6.40. The number of nitrogens with zero attached hydrogens (tertiary/aromatic N) is 2. The summed E-state index contributed by atoms with van der Waals surface area (Å²) in [5, 5.41) is 9.62. The van der Waals surface area contributed by atoms with Crippen LogP contribution < -0.4 is 5.32 Å². The van der Waals surface area contributed by atoms with Gasteiger partial charge in [-0.25, -0.2) is 4.98 Å². The summed E-state index contributed by atoms with van der Waals surface area (Å²) >= 11 is 0. The van der Waals surface area contributed by atoms with Gasteiger partial charge in [-0.2, -0.15) is 5.10 Å². The van der Waals surface area contributed by atoms with Crippen LogP contribution >= 0.6 is 0 Å². The lowest BCUT2D eigenvalue weighted by molar-refractivity contribution is -0.139. The number of hydrogen-bond donors (Lipinski definition) is 2. The molecule has 2 N–H and O–H groups in total. The van der Waals surface area contributed by atoms with Crippen molar-refractivity contribution in [2.75, 3.05) is 0 Å². The minimum absolute atomic E-state index is 0.0711. The Kier molecular flexibility index (Phi) is 5.73. The highest BCUT2D eigenvalue weighted by atomic mass is 16.5. The van der Waals surface area contributed by atoms with Crippen LogP contribution in [0.15, 0.2) is 0 Å². The van der Waals surface area contributed by atoms with E-state index >= 15 is 0 Å². The van der Waals surface area contributed by atoms with Crippen molar-refractivity contribution in [3.05, 3.63) is 11.6 Å². The highest BCUT2D eigenvalue weighted by Crippen LogP contribution is 2.26. The van der Waals surface area contributed by atoms with Crippen molar-refractivity contribution >= 4 is 5.91 Å². The van der Waals surface area contributed by atoms with Crippen molar-refractivity contribution in [3.63, 3.8) is 0 Å². The summed E-state index contributed by atoms with van der Waals surface area (Å²) < 4.78 is 6.01. The van der Waals surface area contributed by atoms with Gasteiger partial charge in [0.15, 0.2) is 5.82 Å². The Balaban J connectivity index is 1.80. The molecule has 118 valence electrons. The summed E-state index contributed by atoms with van der Waals surface area (Å²) in [5.74, 6) is 1.97. The van der Waals surface area contributed by atoms with Crippen LogP contribution in [0, 0.1) is 12.8 Å². The van der Waals surface area contributed by atoms with Crippen LogP contribution in [0.1, 0.15) is 57.6 Å². The maximum atomic E-state index is 12.2. The summed E-state index contributed by atoms with van der Waals surface area (Å²) in [7, 11) is 0. The molecule has 1 aromatic rings. The number of rotatable bonds is 6. The lowest BCUT2D eigenvalue weighted by Gasteiger charge is -2.29. The zero-order valence-corrected chi connectivity index (χ0v) is 13.2. The normalized spacial score (nSPS) is 23.8. The summed E-state index contributed by atoms with van der Waals surface area (Å²) in [5.41, 5.74) is 0. The van der Waals surface area contributed by atoms with Crippen molar-refractivity contribution in [1.29, 1.82) is 0 Å². The summed E-state index contributed by atoms with van der Waals surface area (Å²) in [6, 6.07) is 0. The maximum absolute atomic E-state index is 12.2. The van der Waals surface area contributed by atoms with Gasteiger partial charge in [-0.05, 0) is 32.1 Å². The molecule has 1 heterocycles. The standard InChI is InChI=1S/C15H26N4O2/c1-4-13(21-12-7-5-6-10(2)8-12)15(20)16-9-14-17-11(3)18-19-14/h10,12-13H,4-9H2,1-3H3,(H,16,20)(H,17,18,19)/t10-,12-,13-/m0/s1. The Morgan fingerprint density at radius 2 is 2.33 bits per heavy atom. The fourth-order valence-electron chi connectivity index (χ4n) is 2.83. The fourth-order valence-corrected chi connectivity index (χ4v) is 2.83. The van der Waals surface area contributed by atoms with Crippen LogP contribution in [-0.2, 0) is 16.1 Å². The number of aromatic amines is 1. The third kappa shape index (κ3) is 4.81. The molecule has 6 heteroatoms. The first-order chi connectivity index (χ1) is 10.1. The molecule has 0 spiro atoms. The van der Waals surface area contributed by atoms with E-state index in [9.17, 15) is 4.79 Å². The van der Waals surface area contributed by atoms with E-state index in [1.165, 1.54) is 12.8 Å². The first-order valence-corrected chi connectivity index (χ1v) is 7.89. The summed E-state index contributed by atoms with van der Waals surface area (Å²) in [6.07, 6.45) is 5.12. The van der Waals surface area contributed by atoms with Gasteiger partial charge in [0.05, 0.1) is 12.6 Å². The maximum Gasteiger partial charge on any atom is 0.249 e. The van der Waals surface area contributed by atoms with Crippen LogP contribution in [0.3, 0.4) is 0 Å². The van der Waals surface area contributed by atoms with Crippen molar-refractivity contribution in [1.82, 2.24) is 20.5 Å². The smallest absolute Gasteiger partial charge is 0.249 e. The molecule has 3 atom stereocenters. The van der Waals surface area contributed by atoms with E-state index in [0.717, 1.165) is 18.7 Å². The molecular formula is C15H26N4O2. The lowest BCUT2D eigenvalue weighted by atomic mass is 9.88. The topological polar surface area (TPSA) is 79.9 Å². The number of amides is 1. The molecule has 1 aromatic heterocycles. The molecule has 0 unspecified atom stereocenters. The molecule has 0 saturated heterocycles. The second kappa shape index (κ2) is 7.54. The second-order valence-electron chi connectivity index (χ2n) is 5.98. The monoisotopic (exact) mass is 294 g/mol. The third-order valence-electron chi connectivity index (χ3n) is 3.97. The number of H-pyrrole nitrogens is 1. The molecular weight excluding hydrogens is 268 g/mol. The van der Waals surface area contributed by atoms with E-state index in [0.29, 0.717) is 24.7 Å². The molecule has 21 heavy (non-hydrogen) atoms. The number of hydrogen-bond acceptors (Lipinski definition) is 4. The molecule has 0 radical (unpaired) electrons. The van der Waals surface area contributed by atoms with Gasteiger partial charge < -0.3 is 10.1 Å². The van der Waals surface area contributed by atoms with Gasteiger partial charge in [0.25, 0.3) is 0 Å². The predicted octanol–water partition coefficient (Wildman–Crippen LogP) is 2.10. The number of ether oxygens (including phenoxy) is 1. The van der Waals surface area contributed by atoms with E-state index in [4.69, 9.17) is 4.74 Å². The molecule has 0 bridgehead atoms. The van der Waals surface area contributed by atoms with E-state index < -0.39 is 0 Å². The van der Waals surface area contributed by atoms with E-state index in [2.05, 4.69) is 27.4 Å². The van der Waals surface area contributed by atoms with Crippen LogP contribution in [0.5, 0.6) is 0 Å². The minimum atomic E-state index is -0.375. The molecule has 6 nitrogen and oxygen atoms in total. The average molecular weight is 294 g/mol. The molecule has 1 fully saturated rings. The van der Waals surface area contributed by atoms with E-state index in [1.807, 2.05) is 13.8 Å². The Labute approximate surface area is 126 Å². The highest BCUT2D eigenvalue weighted by Gasteiger charge is 2.25. The summed E-state index contributed by atoms with van der Waals surface area (Å²) in [4.78, 5) is 16.4. The number of carbonyl (C=O) groups excluding carboxylic acids is 1. The average Bonchev–Trinajstić information content (AvgIpc) is 2.88. The molecule has 1 amide bonds. The number of aryl methyl sites for hydroxylation is 1. The Morgan fingerprint density at radius 3 is 2.95 bits per heavy atom.